The van der Waals surface area contributed by atoms with Crippen molar-refractivity contribution in [3.63, 3.8) is 0 Å². The van der Waals surface area contributed by atoms with Crippen LogP contribution in [-0.2, 0) is 55.3 Å². The number of carbonyl (C=O) groups excluding carboxylic acids is 3. The second kappa shape index (κ2) is 19.7. The summed E-state index contributed by atoms with van der Waals surface area (Å²) in [6.07, 6.45) is -7.78. The topological polar surface area (TPSA) is 126 Å². The van der Waals surface area contributed by atoms with Gasteiger partial charge in [0.25, 0.3) is 11.6 Å². The second-order valence-electron chi connectivity index (χ2n) is 17.6. The quantitative estimate of drug-likeness (QED) is 0.0667. The van der Waals surface area contributed by atoms with Crippen LogP contribution in [0.15, 0.2) is 91.0 Å². The molecule has 0 radical (unpaired) electrons. The average Bonchev–Trinajstić information content (AvgIpc) is 3.87. The van der Waals surface area contributed by atoms with Crippen LogP contribution in [0.2, 0.25) is 0 Å². The lowest BCUT2D eigenvalue weighted by Crippen LogP contribution is -2.50. The number of fused-ring (bicyclic) bond motifs is 2. The highest BCUT2D eigenvalue weighted by molar-refractivity contribution is 5.95. The van der Waals surface area contributed by atoms with Gasteiger partial charge in [0.2, 0.25) is 11.8 Å². The van der Waals surface area contributed by atoms with Crippen molar-refractivity contribution in [3.05, 3.63) is 146 Å². The number of nitro groups is 1. The van der Waals surface area contributed by atoms with Crippen LogP contribution in [0.25, 0.3) is 0 Å². The van der Waals surface area contributed by atoms with Crippen LogP contribution in [0.4, 0.5) is 36.4 Å². The summed E-state index contributed by atoms with van der Waals surface area (Å²) in [6, 6.07) is 20.1. The fourth-order valence-corrected chi connectivity index (χ4v) is 9.41. The molecule has 12 nitrogen and oxygen atoms in total. The van der Waals surface area contributed by atoms with Crippen molar-refractivity contribution in [2.24, 2.45) is 0 Å². The Labute approximate surface area is 382 Å². The number of likely N-dealkylation sites (N-methyl/N-ethyl adjacent to an activating group) is 2. The van der Waals surface area contributed by atoms with Gasteiger partial charge in [0.1, 0.15) is 24.8 Å². The van der Waals surface area contributed by atoms with Crippen LogP contribution >= 0.6 is 0 Å². The minimum atomic E-state index is -5.14. The molecule has 4 aromatic rings. The molecule has 67 heavy (non-hydrogen) atoms. The van der Waals surface area contributed by atoms with Crippen LogP contribution in [0.1, 0.15) is 69.4 Å². The Bertz CT molecular complexity index is 2410. The van der Waals surface area contributed by atoms with Gasteiger partial charge in [-0.15, -0.1) is 0 Å². The number of carbonyl (C=O) groups is 3. The third-order valence-electron chi connectivity index (χ3n) is 13.3. The number of nitrogens with zero attached hydrogens (tertiary/aromatic N) is 5. The second-order valence-corrected chi connectivity index (χ2v) is 17.6. The van der Waals surface area contributed by atoms with Gasteiger partial charge in [-0.1, -0.05) is 48.5 Å². The Morgan fingerprint density at radius 2 is 1.46 bits per heavy atom. The number of halogens is 7. The number of nitro benzene ring substituents is 1. The number of amides is 3. The predicted molar refractivity (Wildman–Crippen MR) is 230 cm³/mol. The maximum absolute atomic E-state index is 14.1. The predicted octanol–water partition coefficient (Wildman–Crippen LogP) is 8.01. The molecule has 0 unspecified atom stereocenters. The van der Waals surface area contributed by atoms with E-state index < -0.39 is 63.4 Å². The lowest BCUT2D eigenvalue weighted by atomic mass is 9.72. The molecule has 2 fully saturated rings. The van der Waals surface area contributed by atoms with Gasteiger partial charge in [-0.05, 0) is 97.8 Å². The van der Waals surface area contributed by atoms with Crippen molar-refractivity contribution < 1.29 is 59.5 Å². The zero-order chi connectivity index (χ0) is 48.3. The molecule has 0 N–H and O–H groups in total. The average molecular weight is 942 g/mol. The minimum absolute atomic E-state index is 0.0359. The number of non-ortho nitro benzene ring substituents is 1. The van der Waals surface area contributed by atoms with Crippen molar-refractivity contribution >= 4 is 23.4 Å². The first-order valence-corrected chi connectivity index (χ1v) is 21.8. The normalized spacial score (nSPS) is 19.4. The van der Waals surface area contributed by atoms with Crippen molar-refractivity contribution in [2.75, 3.05) is 66.7 Å². The Hall–Kier alpha value is -5.92. The molecule has 2 heterocycles. The van der Waals surface area contributed by atoms with Crippen LogP contribution in [-0.4, -0.2) is 115 Å². The van der Waals surface area contributed by atoms with E-state index in [1.165, 1.54) is 36.4 Å². The summed E-state index contributed by atoms with van der Waals surface area (Å²) in [7, 11) is 3.34. The van der Waals surface area contributed by atoms with E-state index in [1.807, 2.05) is 12.1 Å². The van der Waals surface area contributed by atoms with Crippen LogP contribution in [0.5, 0.6) is 0 Å². The molecule has 1 spiro atoms. The first kappa shape index (κ1) is 49.0. The Morgan fingerprint density at radius 3 is 2.07 bits per heavy atom. The molecular weight excluding hydrogens is 892 g/mol. The maximum atomic E-state index is 14.1. The lowest BCUT2D eigenvalue weighted by Gasteiger charge is -2.44. The number of piperidine rings is 1. The molecule has 0 saturated carbocycles. The Kier molecular flexibility index (Phi) is 14.4. The number of hydrogen-bond donors (Lipinski definition) is 0. The van der Waals surface area contributed by atoms with Gasteiger partial charge < -0.3 is 29.1 Å². The van der Waals surface area contributed by atoms with Gasteiger partial charge in [-0.25, -0.2) is 4.39 Å². The van der Waals surface area contributed by atoms with Crippen LogP contribution in [0.3, 0.4) is 0 Å². The van der Waals surface area contributed by atoms with Crippen LogP contribution in [0, 0.1) is 15.9 Å². The molecule has 1 aliphatic carbocycles. The van der Waals surface area contributed by atoms with Gasteiger partial charge in [-0.3, -0.25) is 24.5 Å². The zero-order valence-electron chi connectivity index (χ0n) is 36.9. The molecular formula is C48H50F7N5O7. The number of likely N-dealkylation sites (tertiary alicyclic amines) is 1. The molecule has 0 aromatic heterocycles. The van der Waals surface area contributed by atoms with Crippen molar-refractivity contribution in [3.8, 4) is 0 Å². The third kappa shape index (κ3) is 11.1. The molecule has 3 aliphatic rings. The third-order valence-corrected chi connectivity index (χ3v) is 13.3. The van der Waals surface area contributed by atoms with E-state index >= 15 is 0 Å². The van der Waals surface area contributed by atoms with Gasteiger partial charge >= 0.3 is 12.4 Å². The molecule has 0 bridgehead atoms. The fourth-order valence-electron chi connectivity index (χ4n) is 9.41. The first-order valence-electron chi connectivity index (χ1n) is 21.8. The first-order chi connectivity index (χ1) is 31.7. The Balaban J connectivity index is 0.958. The highest BCUT2D eigenvalue weighted by Gasteiger charge is 2.50. The summed E-state index contributed by atoms with van der Waals surface area (Å²) < 4.78 is 109. The number of rotatable bonds is 15. The molecule has 19 heteroatoms. The van der Waals surface area contributed by atoms with Gasteiger partial charge in [0.15, 0.2) is 0 Å². The van der Waals surface area contributed by atoms with Crippen molar-refractivity contribution in [1.29, 1.82) is 0 Å². The summed E-state index contributed by atoms with van der Waals surface area (Å²) in [4.78, 5) is 56.6. The lowest BCUT2D eigenvalue weighted by molar-refractivity contribution is -0.384. The molecule has 2 atom stereocenters. The summed E-state index contributed by atoms with van der Waals surface area (Å²) in [5.74, 6) is -1.99. The van der Waals surface area contributed by atoms with E-state index in [9.17, 15) is 55.2 Å². The summed E-state index contributed by atoms with van der Waals surface area (Å²) in [5, 5.41) is 10.9. The zero-order valence-corrected chi connectivity index (χ0v) is 36.9. The number of hydrogen-bond acceptors (Lipinski definition) is 8. The minimum Gasteiger partial charge on any atom is -0.367 e. The smallest absolute Gasteiger partial charge is 0.367 e. The standard InChI is InChI=1S/C48H50F7N5O7/c1-56(42(61)24-32-8-14-39(15-9-32)60(64)65)19-5-20-57(2)43(62)29-66-41-27-33-6-3-4-7-40(33)45(41)16-21-58(22-17-45)23-18-46(35-10-12-38(49)13-11-35)30-59(31-67-46)44(63)34-25-36(47(50,51)52)28-37(26-34)48(53,54)55/h3-4,6-15,25-26,28,41H,5,16-24,27,29-31H2,1-2H3/t41-,46-/m0/s1. The van der Waals surface area contributed by atoms with Crippen molar-refractivity contribution in [1.82, 2.24) is 19.6 Å². The van der Waals surface area contributed by atoms with E-state index in [-0.39, 0.29) is 55.7 Å². The van der Waals surface area contributed by atoms with Crippen LogP contribution < -0.4 is 0 Å². The molecule has 2 aliphatic heterocycles. The number of ether oxygens (including phenoxy) is 2. The summed E-state index contributed by atoms with van der Waals surface area (Å²) >= 11 is 0. The molecule has 2 saturated heterocycles. The van der Waals surface area contributed by atoms with E-state index in [4.69, 9.17) is 9.47 Å². The largest absolute Gasteiger partial charge is 0.416 e. The SMILES string of the molecule is CN(CCCN(C)C(=O)Cc1ccc([N+](=O)[O-])cc1)C(=O)CO[C@H]1Cc2ccccc2C12CCN(CC[C@@]1(c3ccc(F)cc3)CN(C(=O)c3cc(C(F)(F)F)cc(C(F)(F)F)c3)CO1)CC2. The highest BCUT2D eigenvalue weighted by Crippen LogP contribution is 2.48. The fraction of sp³-hybridized carbons (Fsp3) is 0.438. The summed E-state index contributed by atoms with van der Waals surface area (Å²) in [5.41, 5.74) is -2.30. The Morgan fingerprint density at radius 1 is 0.851 bits per heavy atom. The van der Waals surface area contributed by atoms with E-state index in [0.717, 1.165) is 16.0 Å². The molecule has 7 rings (SSSR count). The highest BCUT2D eigenvalue weighted by atomic mass is 19.4. The van der Waals surface area contributed by atoms with E-state index in [1.54, 1.807) is 36.0 Å². The summed E-state index contributed by atoms with van der Waals surface area (Å²) in [6.45, 7) is 1.60. The van der Waals surface area contributed by atoms with Gasteiger partial charge in [0, 0.05) is 56.8 Å². The number of alkyl halides is 6. The number of benzene rings is 4. The molecule has 3 amide bonds. The maximum Gasteiger partial charge on any atom is 0.416 e. The monoisotopic (exact) mass is 941 g/mol. The van der Waals surface area contributed by atoms with Crippen molar-refractivity contribution in [2.45, 2.75) is 68.0 Å². The van der Waals surface area contributed by atoms with E-state index in [2.05, 4.69) is 17.0 Å². The van der Waals surface area contributed by atoms with Gasteiger partial charge in [0.05, 0.1) is 35.1 Å². The molecule has 358 valence electrons. The molecule has 4 aromatic carbocycles. The van der Waals surface area contributed by atoms with Gasteiger partial charge in [-0.2, -0.15) is 26.3 Å². The van der Waals surface area contributed by atoms with E-state index in [0.29, 0.717) is 81.7 Å².